The summed E-state index contributed by atoms with van der Waals surface area (Å²) in [4.78, 5) is 29.4. The first-order chi connectivity index (χ1) is 15.9. The molecule has 3 rings (SSSR count). The summed E-state index contributed by atoms with van der Waals surface area (Å²) >= 11 is 5.89. The first kappa shape index (κ1) is 24.7. The smallest absolute Gasteiger partial charge is 0.260 e. The normalized spacial score (nSPS) is 14.9. The van der Waals surface area contributed by atoms with Gasteiger partial charge in [0.1, 0.15) is 5.75 Å². The van der Waals surface area contributed by atoms with Crippen molar-refractivity contribution in [2.45, 2.75) is 32.7 Å². The lowest BCUT2D eigenvalue weighted by atomic mass is 9.92. The Morgan fingerprint density at radius 2 is 1.79 bits per heavy atom. The van der Waals surface area contributed by atoms with Crippen LogP contribution in [-0.4, -0.2) is 62.1 Å². The van der Waals surface area contributed by atoms with Crippen molar-refractivity contribution in [1.82, 2.24) is 9.80 Å². The van der Waals surface area contributed by atoms with E-state index in [1.807, 2.05) is 30.9 Å². The Kier molecular flexibility index (Phi) is 8.44. The van der Waals surface area contributed by atoms with Crippen LogP contribution < -0.4 is 14.2 Å². The molecule has 178 valence electrons. The van der Waals surface area contributed by atoms with E-state index in [-0.39, 0.29) is 31.0 Å². The van der Waals surface area contributed by atoms with Gasteiger partial charge in [-0.05, 0) is 67.3 Å². The molecule has 1 heterocycles. The molecule has 0 bridgehead atoms. The van der Waals surface area contributed by atoms with E-state index in [4.69, 9.17) is 25.8 Å². The summed E-state index contributed by atoms with van der Waals surface area (Å²) in [7, 11) is 3.21. The lowest BCUT2D eigenvalue weighted by Crippen LogP contribution is -2.47. The number of fused-ring (bicyclic) bond motifs is 1. The topological polar surface area (TPSA) is 68.3 Å². The van der Waals surface area contributed by atoms with Crippen molar-refractivity contribution in [2.75, 3.05) is 40.5 Å². The maximum Gasteiger partial charge on any atom is 0.260 e. The van der Waals surface area contributed by atoms with Crippen molar-refractivity contribution >= 4 is 23.4 Å². The quantitative estimate of drug-likeness (QED) is 0.547. The second-order valence-corrected chi connectivity index (χ2v) is 8.41. The standard InChI is InChI=1S/C25H31ClN2O5/c1-5-11-27(25(30)16-33-20-8-6-19(26)7-9-20)15-24(29)28-12-10-18-13-22(31-3)23(32-4)14-21(18)17(28)2/h6-9,13-14,17H,5,10-12,15-16H2,1-4H3. The first-order valence-corrected chi connectivity index (χ1v) is 11.5. The van der Waals surface area contributed by atoms with Gasteiger partial charge in [-0.25, -0.2) is 0 Å². The molecule has 33 heavy (non-hydrogen) atoms. The molecule has 1 unspecified atom stereocenters. The summed E-state index contributed by atoms with van der Waals surface area (Å²) in [5.74, 6) is 1.57. The highest BCUT2D eigenvalue weighted by Crippen LogP contribution is 2.37. The first-order valence-electron chi connectivity index (χ1n) is 11.1. The highest BCUT2D eigenvalue weighted by molar-refractivity contribution is 6.30. The van der Waals surface area contributed by atoms with Crippen molar-refractivity contribution in [3.8, 4) is 17.2 Å². The van der Waals surface area contributed by atoms with Gasteiger partial charge in [0, 0.05) is 18.1 Å². The average molecular weight is 475 g/mol. The molecular formula is C25H31ClN2O5. The van der Waals surface area contributed by atoms with Gasteiger partial charge in [-0.3, -0.25) is 9.59 Å². The second kappa shape index (κ2) is 11.3. The van der Waals surface area contributed by atoms with Crippen LogP contribution in [0.25, 0.3) is 0 Å². The van der Waals surface area contributed by atoms with E-state index in [0.717, 1.165) is 17.5 Å². The van der Waals surface area contributed by atoms with E-state index in [9.17, 15) is 9.59 Å². The fourth-order valence-electron chi connectivity index (χ4n) is 4.07. The lowest BCUT2D eigenvalue weighted by molar-refractivity contribution is -0.143. The van der Waals surface area contributed by atoms with E-state index >= 15 is 0 Å². The van der Waals surface area contributed by atoms with Crippen molar-refractivity contribution in [3.63, 3.8) is 0 Å². The molecule has 1 aliphatic rings. The highest BCUT2D eigenvalue weighted by atomic mass is 35.5. The maximum absolute atomic E-state index is 13.2. The minimum Gasteiger partial charge on any atom is -0.493 e. The predicted molar refractivity (Wildman–Crippen MR) is 127 cm³/mol. The van der Waals surface area contributed by atoms with Crippen molar-refractivity contribution in [2.24, 2.45) is 0 Å². The zero-order valence-corrected chi connectivity index (χ0v) is 20.4. The minimum absolute atomic E-state index is 0.0175. The zero-order valence-electron chi connectivity index (χ0n) is 19.6. The average Bonchev–Trinajstić information content (AvgIpc) is 2.82. The number of benzene rings is 2. The SMILES string of the molecule is CCCN(CC(=O)N1CCc2cc(OC)c(OC)cc2C1C)C(=O)COc1ccc(Cl)cc1. The van der Waals surface area contributed by atoms with E-state index in [1.54, 1.807) is 43.4 Å². The van der Waals surface area contributed by atoms with Gasteiger partial charge >= 0.3 is 0 Å². The molecule has 0 aliphatic carbocycles. The number of hydrogen-bond donors (Lipinski definition) is 0. The number of carbonyl (C=O) groups excluding carboxylic acids is 2. The molecule has 8 heteroatoms. The summed E-state index contributed by atoms with van der Waals surface area (Å²) in [5, 5.41) is 0.597. The number of hydrogen-bond acceptors (Lipinski definition) is 5. The van der Waals surface area contributed by atoms with E-state index in [0.29, 0.717) is 41.8 Å². The fraction of sp³-hybridized carbons (Fsp3) is 0.440. The molecule has 0 N–H and O–H groups in total. The number of amides is 2. The third kappa shape index (κ3) is 5.90. The van der Waals surface area contributed by atoms with Gasteiger partial charge in [0.05, 0.1) is 26.8 Å². The van der Waals surface area contributed by atoms with Gasteiger partial charge in [-0.1, -0.05) is 18.5 Å². The number of nitrogens with zero attached hydrogens (tertiary/aromatic N) is 2. The number of rotatable bonds is 9. The Hall–Kier alpha value is -2.93. The number of carbonyl (C=O) groups is 2. The van der Waals surface area contributed by atoms with Crippen LogP contribution in [0.15, 0.2) is 36.4 Å². The molecule has 7 nitrogen and oxygen atoms in total. The number of methoxy groups -OCH3 is 2. The maximum atomic E-state index is 13.2. The van der Waals surface area contributed by atoms with Crippen LogP contribution >= 0.6 is 11.6 Å². The van der Waals surface area contributed by atoms with Crippen LogP contribution in [0.3, 0.4) is 0 Å². The van der Waals surface area contributed by atoms with E-state index in [2.05, 4.69) is 0 Å². The summed E-state index contributed by atoms with van der Waals surface area (Å²) in [6, 6.07) is 10.6. The Morgan fingerprint density at radius 3 is 2.42 bits per heavy atom. The van der Waals surface area contributed by atoms with Crippen LogP contribution in [0, 0.1) is 0 Å². The van der Waals surface area contributed by atoms with Gasteiger partial charge in [-0.2, -0.15) is 0 Å². The molecule has 2 aromatic rings. The molecule has 0 radical (unpaired) electrons. The van der Waals surface area contributed by atoms with Gasteiger partial charge in [0.2, 0.25) is 5.91 Å². The number of halogens is 1. The van der Waals surface area contributed by atoms with Crippen molar-refractivity contribution in [1.29, 1.82) is 0 Å². The highest BCUT2D eigenvalue weighted by Gasteiger charge is 2.30. The molecule has 0 saturated carbocycles. The third-order valence-corrected chi connectivity index (χ3v) is 6.11. The van der Waals surface area contributed by atoms with Gasteiger partial charge in [0.15, 0.2) is 18.1 Å². The summed E-state index contributed by atoms with van der Waals surface area (Å²) in [6.45, 7) is 4.92. The van der Waals surface area contributed by atoms with E-state index in [1.165, 1.54) is 0 Å². The summed E-state index contributed by atoms with van der Waals surface area (Å²) in [5.41, 5.74) is 2.17. The molecule has 0 aromatic heterocycles. The zero-order chi connectivity index (χ0) is 24.0. The largest absolute Gasteiger partial charge is 0.493 e. The van der Waals surface area contributed by atoms with Gasteiger partial charge in [0.25, 0.3) is 5.91 Å². The molecular weight excluding hydrogens is 444 g/mol. The Balaban J connectivity index is 1.67. The van der Waals surface area contributed by atoms with Crippen LogP contribution in [-0.2, 0) is 16.0 Å². The molecule has 2 amide bonds. The number of ether oxygens (including phenoxy) is 3. The Morgan fingerprint density at radius 1 is 1.12 bits per heavy atom. The van der Waals surface area contributed by atoms with Gasteiger partial charge in [-0.15, -0.1) is 0 Å². The molecule has 0 spiro atoms. The monoisotopic (exact) mass is 474 g/mol. The van der Waals surface area contributed by atoms with Gasteiger partial charge < -0.3 is 24.0 Å². The molecule has 0 fully saturated rings. The Bertz CT molecular complexity index is 980. The molecule has 0 saturated heterocycles. The lowest BCUT2D eigenvalue weighted by Gasteiger charge is -2.37. The summed E-state index contributed by atoms with van der Waals surface area (Å²) < 4.78 is 16.4. The van der Waals surface area contributed by atoms with Crippen LogP contribution in [0.1, 0.15) is 37.4 Å². The molecule has 1 atom stereocenters. The fourth-order valence-corrected chi connectivity index (χ4v) is 4.19. The predicted octanol–water partition coefficient (Wildman–Crippen LogP) is 4.12. The minimum atomic E-state index is -0.225. The summed E-state index contributed by atoms with van der Waals surface area (Å²) in [6.07, 6.45) is 1.46. The van der Waals surface area contributed by atoms with E-state index < -0.39 is 0 Å². The van der Waals surface area contributed by atoms with Crippen LogP contribution in [0.5, 0.6) is 17.2 Å². The van der Waals surface area contributed by atoms with Crippen molar-refractivity contribution < 1.29 is 23.8 Å². The van der Waals surface area contributed by atoms with Crippen LogP contribution in [0.2, 0.25) is 5.02 Å². The van der Waals surface area contributed by atoms with Crippen molar-refractivity contribution in [3.05, 3.63) is 52.5 Å². The van der Waals surface area contributed by atoms with Crippen LogP contribution in [0.4, 0.5) is 0 Å². The third-order valence-electron chi connectivity index (χ3n) is 5.85. The Labute approximate surface area is 200 Å². The second-order valence-electron chi connectivity index (χ2n) is 7.98. The molecule has 2 aromatic carbocycles. The molecule has 1 aliphatic heterocycles.